The molecular weight excluding hydrogens is 222 g/mol. The van der Waals surface area contributed by atoms with Crippen molar-refractivity contribution in [1.82, 2.24) is 9.97 Å². The molecular formula is C6H8BrN5. The predicted molar refractivity (Wildman–Crippen MR) is 52.2 cm³/mol. The maximum Gasteiger partial charge on any atom is 0.138 e. The lowest BCUT2D eigenvalue weighted by Gasteiger charge is -2.03. The van der Waals surface area contributed by atoms with Gasteiger partial charge in [-0.2, -0.15) is 0 Å². The van der Waals surface area contributed by atoms with Crippen molar-refractivity contribution in [2.75, 3.05) is 18.5 Å². The van der Waals surface area contributed by atoms with Gasteiger partial charge in [0.15, 0.2) is 0 Å². The van der Waals surface area contributed by atoms with Gasteiger partial charge in [0.1, 0.15) is 22.6 Å². The quantitative estimate of drug-likeness (QED) is 0.683. The van der Waals surface area contributed by atoms with Gasteiger partial charge in [-0.3, -0.25) is 4.99 Å². The summed E-state index contributed by atoms with van der Waals surface area (Å²) in [6.45, 7) is 0. The minimum atomic E-state index is 0.319. The first-order chi connectivity index (χ1) is 5.66. The minimum Gasteiger partial charge on any atom is -0.383 e. The molecule has 6 heteroatoms. The zero-order valence-corrected chi connectivity index (χ0v) is 8.04. The number of hydrogen-bond acceptors (Lipinski definition) is 5. The van der Waals surface area contributed by atoms with E-state index in [4.69, 9.17) is 11.5 Å². The van der Waals surface area contributed by atoms with Crippen LogP contribution in [-0.4, -0.2) is 21.6 Å². The molecule has 5 nitrogen and oxygen atoms in total. The Balaban J connectivity index is 3.31. The Kier molecular flexibility index (Phi) is 2.59. The van der Waals surface area contributed by atoms with Crippen LogP contribution in [0.5, 0.6) is 0 Å². The minimum absolute atomic E-state index is 0.319. The van der Waals surface area contributed by atoms with E-state index in [9.17, 15) is 0 Å². The van der Waals surface area contributed by atoms with Crippen LogP contribution in [0.2, 0.25) is 0 Å². The third-order valence-corrected chi connectivity index (χ3v) is 2.06. The molecule has 0 fully saturated rings. The van der Waals surface area contributed by atoms with E-state index in [-0.39, 0.29) is 0 Å². The van der Waals surface area contributed by atoms with Gasteiger partial charge in [-0.05, 0) is 15.9 Å². The summed E-state index contributed by atoms with van der Waals surface area (Å²) >= 11 is 3.20. The molecule has 0 aliphatic rings. The van der Waals surface area contributed by atoms with Crippen molar-refractivity contribution in [2.45, 2.75) is 0 Å². The molecule has 0 radical (unpaired) electrons. The molecule has 12 heavy (non-hydrogen) atoms. The molecule has 1 heterocycles. The van der Waals surface area contributed by atoms with E-state index < -0.39 is 0 Å². The third-order valence-electron chi connectivity index (χ3n) is 1.31. The zero-order chi connectivity index (χ0) is 9.14. The number of nitrogen functional groups attached to an aromatic ring is 2. The fourth-order valence-corrected chi connectivity index (χ4v) is 1.14. The van der Waals surface area contributed by atoms with Crippen LogP contribution in [0.25, 0.3) is 0 Å². The van der Waals surface area contributed by atoms with Gasteiger partial charge >= 0.3 is 0 Å². The maximum atomic E-state index is 5.56. The standard InChI is InChI=1S/C6H8BrN5/c1-10-4(7)3-5(8)11-2-12-6(3)9/h2H,1H3,(H4,8,9,11,12). The van der Waals surface area contributed by atoms with Gasteiger partial charge in [-0.15, -0.1) is 0 Å². The van der Waals surface area contributed by atoms with Gasteiger partial charge in [-0.25, -0.2) is 9.97 Å². The summed E-state index contributed by atoms with van der Waals surface area (Å²) in [6.07, 6.45) is 1.31. The number of aliphatic imine (C=N–C) groups is 1. The van der Waals surface area contributed by atoms with Gasteiger partial charge in [0.25, 0.3) is 0 Å². The highest BCUT2D eigenvalue weighted by Crippen LogP contribution is 2.17. The van der Waals surface area contributed by atoms with Gasteiger partial charge < -0.3 is 11.5 Å². The van der Waals surface area contributed by atoms with Gasteiger partial charge in [0, 0.05) is 7.05 Å². The lowest BCUT2D eigenvalue weighted by atomic mass is 10.3. The smallest absolute Gasteiger partial charge is 0.138 e. The normalized spacial score (nSPS) is 11.7. The third kappa shape index (κ3) is 1.53. The highest BCUT2D eigenvalue weighted by Gasteiger charge is 2.09. The lowest BCUT2D eigenvalue weighted by molar-refractivity contribution is 1.18. The van der Waals surface area contributed by atoms with Gasteiger partial charge in [0.05, 0.1) is 5.56 Å². The van der Waals surface area contributed by atoms with Crippen molar-refractivity contribution >= 4 is 32.2 Å². The number of nitrogens with two attached hydrogens (primary N) is 2. The Bertz CT molecular complexity index is 301. The highest BCUT2D eigenvalue weighted by molar-refractivity contribution is 9.18. The Hall–Kier alpha value is -1.17. The Morgan fingerprint density at radius 1 is 1.42 bits per heavy atom. The van der Waals surface area contributed by atoms with Gasteiger partial charge in [-0.1, -0.05) is 0 Å². The van der Waals surface area contributed by atoms with E-state index >= 15 is 0 Å². The molecule has 1 aromatic rings. The first-order valence-corrected chi connectivity index (χ1v) is 3.94. The summed E-state index contributed by atoms with van der Waals surface area (Å²) in [6, 6.07) is 0. The van der Waals surface area contributed by atoms with E-state index in [1.165, 1.54) is 6.33 Å². The van der Waals surface area contributed by atoms with Crippen LogP contribution in [0.3, 0.4) is 0 Å². The summed E-state index contributed by atoms with van der Waals surface area (Å²) in [5.41, 5.74) is 11.7. The second-order valence-electron chi connectivity index (χ2n) is 2.03. The number of aromatic nitrogens is 2. The summed E-state index contributed by atoms with van der Waals surface area (Å²) in [5.74, 6) is 0.639. The Labute approximate surface area is 78.0 Å². The average molecular weight is 230 g/mol. The zero-order valence-electron chi connectivity index (χ0n) is 6.45. The largest absolute Gasteiger partial charge is 0.383 e. The van der Waals surface area contributed by atoms with Crippen molar-refractivity contribution in [3.8, 4) is 0 Å². The van der Waals surface area contributed by atoms with Crippen molar-refractivity contribution in [1.29, 1.82) is 0 Å². The summed E-state index contributed by atoms with van der Waals surface area (Å²) in [5, 5.41) is 0. The van der Waals surface area contributed by atoms with Crippen LogP contribution in [0.15, 0.2) is 11.3 Å². The first kappa shape index (κ1) is 8.92. The highest BCUT2D eigenvalue weighted by atomic mass is 79.9. The van der Waals surface area contributed by atoms with E-state index in [1.807, 2.05) is 0 Å². The van der Waals surface area contributed by atoms with Crippen LogP contribution in [0.1, 0.15) is 5.56 Å². The van der Waals surface area contributed by atoms with Gasteiger partial charge in [0.2, 0.25) is 0 Å². The van der Waals surface area contributed by atoms with Crippen LogP contribution in [0, 0.1) is 0 Å². The predicted octanol–water partition coefficient (Wildman–Crippen LogP) is 0.412. The fourth-order valence-electron chi connectivity index (χ4n) is 0.737. The topological polar surface area (TPSA) is 90.2 Å². The van der Waals surface area contributed by atoms with Crippen LogP contribution in [0.4, 0.5) is 11.6 Å². The lowest BCUT2D eigenvalue weighted by Crippen LogP contribution is -2.07. The molecule has 0 aliphatic carbocycles. The Morgan fingerprint density at radius 3 is 2.33 bits per heavy atom. The molecule has 0 atom stereocenters. The van der Waals surface area contributed by atoms with Crippen molar-refractivity contribution in [2.24, 2.45) is 4.99 Å². The molecule has 1 rings (SSSR count). The summed E-state index contributed by atoms with van der Waals surface area (Å²) in [7, 11) is 1.62. The molecule has 0 amide bonds. The molecule has 0 saturated carbocycles. The molecule has 1 aromatic heterocycles. The monoisotopic (exact) mass is 229 g/mol. The van der Waals surface area contributed by atoms with Crippen molar-refractivity contribution in [3.05, 3.63) is 11.9 Å². The molecule has 0 spiro atoms. The van der Waals surface area contributed by atoms with Crippen LogP contribution in [-0.2, 0) is 0 Å². The number of halogens is 1. The van der Waals surface area contributed by atoms with Crippen molar-refractivity contribution < 1.29 is 0 Å². The molecule has 0 unspecified atom stereocenters. The van der Waals surface area contributed by atoms with E-state index in [0.717, 1.165) is 0 Å². The SMILES string of the molecule is CN=C(Br)c1c(N)ncnc1N. The van der Waals surface area contributed by atoms with Crippen molar-refractivity contribution in [3.63, 3.8) is 0 Å². The maximum absolute atomic E-state index is 5.56. The first-order valence-electron chi connectivity index (χ1n) is 3.15. The molecule has 64 valence electrons. The molecule has 4 N–H and O–H groups in total. The molecule has 0 aliphatic heterocycles. The summed E-state index contributed by atoms with van der Waals surface area (Å²) in [4.78, 5) is 11.4. The summed E-state index contributed by atoms with van der Waals surface area (Å²) < 4.78 is 0.554. The Morgan fingerprint density at radius 2 is 1.92 bits per heavy atom. The molecule has 0 saturated heterocycles. The van der Waals surface area contributed by atoms with E-state index in [2.05, 4.69) is 30.9 Å². The van der Waals surface area contributed by atoms with E-state index in [0.29, 0.717) is 21.8 Å². The number of nitrogens with zero attached hydrogens (tertiary/aromatic N) is 3. The number of hydrogen-bond donors (Lipinski definition) is 2. The second kappa shape index (κ2) is 3.48. The number of rotatable bonds is 1. The molecule has 0 bridgehead atoms. The van der Waals surface area contributed by atoms with E-state index in [1.54, 1.807) is 7.05 Å². The van der Waals surface area contributed by atoms with Crippen LogP contribution >= 0.6 is 15.9 Å². The van der Waals surface area contributed by atoms with Crippen LogP contribution < -0.4 is 11.5 Å². The average Bonchev–Trinajstić information content (AvgIpc) is 2.03. The fraction of sp³-hybridized carbons (Fsp3) is 0.167. The molecule has 0 aromatic carbocycles. The second-order valence-corrected chi connectivity index (χ2v) is 2.78. The number of anilines is 2.